The molecule has 5 heteroatoms. The van der Waals surface area contributed by atoms with Gasteiger partial charge < -0.3 is 5.73 Å². The van der Waals surface area contributed by atoms with Gasteiger partial charge >= 0.3 is 0 Å². The monoisotopic (exact) mass is 254 g/mol. The maximum absolute atomic E-state index is 5.66. The SMILES string of the molecule is CC(C)N1CCCN(Cc2cnc(N)s2)CC1. The van der Waals surface area contributed by atoms with Crippen LogP contribution in [0.3, 0.4) is 0 Å². The Labute approximate surface area is 107 Å². The van der Waals surface area contributed by atoms with E-state index in [2.05, 4.69) is 28.6 Å². The quantitative estimate of drug-likeness (QED) is 0.891. The molecular weight excluding hydrogens is 232 g/mol. The first-order valence-corrected chi connectivity index (χ1v) is 7.13. The molecule has 0 unspecified atom stereocenters. The fourth-order valence-corrected chi connectivity index (χ4v) is 3.01. The summed E-state index contributed by atoms with van der Waals surface area (Å²) in [5.74, 6) is 0. The van der Waals surface area contributed by atoms with Crippen LogP contribution in [0, 0.1) is 0 Å². The van der Waals surface area contributed by atoms with Gasteiger partial charge in [0.25, 0.3) is 0 Å². The Morgan fingerprint density at radius 3 is 2.82 bits per heavy atom. The Balaban J connectivity index is 1.86. The maximum atomic E-state index is 5.66. The van der Waals surface area contributed by atoms with Gasteiger partial charge in [-0.15, -0.1) is 11.3 Å². The van der Waals surface area contributed by atoms with Crippen molar-refractivity contribution < 1.29 is 0 Å². The van der Waals surface area contributed by atoms with Crippen LogP contribution in [0.15, 0.2) is 6.20 Å². The van der Waals surface area contributed by atoms with Crippen molar-refractivity contribution in [1.82, 2.24) is 14.8 Å². The van der Waals surface area contributed by atoms with Gasteiger partial charge in [-0.3, -0.25) is 9.80 Å². The van der Waals surface area contributed by atoms with E-state index in [9.17, 15) is 0 Å². The third-order valence-electron chi connectivity index (χ3n) is 3.30. The molecule has 2 rings (SSSR count). The lowest BCUT2D eigenvalue weighted by atomic mass is 10.3. The van der Waals surface area contributed by atoms with E-state index in [4.69, 9.17) is 5.73 Å². The van der Waals surface area contributed by atoms with E-state index in [0.717, 1.165) is 13.1 Å². The molecule has 0 atom stereocenters. The molecule has 0 saturated carbocycles. The zero-order valence-electron chi connectivity index (χ0n) is 10.7. The van der Waals surface area contributed by atoms with Gasteiger partial charge in [-0.2, -0.15) is 0 Å². The summed E-state index contributed by atoms with van der Waals surface area (Å²) < 4.78 is 0. The molecule has 0 bridgehead atoms. The smallest absolute Gasteiger partial charge is 0.180 e. The summed E-state index contributed by atoms with van der Waals surface area (Å²) in [6.07, 6.45) is 3.16. The van der Waals surface area contributed by atoms with E-state index in [1.165, 1.54) is 30.9 Å². The fraction of sp³-hybridized carbons (Fsp3) is 0.750. The highest BCUT2D eigenvalue weighted by atomic mass is 32.1. The largest absolute Gasteiger partial charge is 0.375 e. The molecule has 2 N–H and O–H groups in total. The fourth-order valence-electron chi connectivity index (χ4n) is 2.28. The normalized spacial score (nSPS) is 19.7. The topological polar surface area (TPSA) is 45.4 Å². The number of hydrogen-bond donors (Lipinski definition) is 1. The predicted octanol–water partition coefficient (Wildman–Crippen LogP) is 1.64. The highest BCUT2D eigenvalue weighted by Crippen LogP contribution is 2.17. The van der Waals surface area contributed by atoms with Crippen LogP contribution in [0.2, 0.25) is 0 Å². The van der Waals surface area contributed by atoms with E-state index < -0.39 is 0 Å². The number of rotatable bonds is 3. The predicted molar refractivity (Wildman–Crippen MR) is 73.1 cm³/mol. The maximum Gasteiger partial charge on any atom is 0.180 e. The summed E-state index contributed by atoms with van der Waals surface area (Å²) in [4.78, 5) is 10.5. The Kier molecular flexibility index (Phi) is 4.36. The van der Waals surface area contributed by atoms with Crippen molar-refractivity contribution in [3.8, 4) is 0 Å². The van der Waals surface area contributed by atoms with Crippen LogP contribution in [0.25, 0.3) is 0 Å². The molecule has 0 radical (unpaired) electrons. The summed E-state index contributed by atoms with van der Waals surface area (Å²) in [5, 5.41) is 0.679. The number of nitrogen functional groups attached to an aromatic ring is 1. The number of nitrogens with zero attached hydrogens (tertiary/aromatic N) is 3. The van der Waals surface area contributed by atoms with Gasteiger partial charge in [0.05, 0.1) is 0 Å². The average Bonchev–Trinajstić information content (AvgIpc) is 2.54. The van der Waals surface area contributed by atoms with Crippen LogP contribution in [0.1, 0.15) is 25.1 Å². The third-order valence-corrected chi connectivity index (χ3v) is 4.12. The summed E-state index contributed by atoms with van der Waals surface area (Å²) in [6, 6.07) is 0.661. The standard InChI is InChI=1S/C12H22N4S/c1-10(2)16-5-3-4-15(6-7-16)9-11-8-14-12(13)17-11/h8,10H,3-7,9H2,1-2H3,(H2,13,14). The first-order chi connectivity index (χ1) is 8.15. The number of aromatic nitrogens is 1. The van der Waals surface area contributed by atoms with Gasteiger partial charge in [0.2, 0.25) is 0 Å². The van der Waals surface area contributed by atoms with E-state index in [0.29, 0.717) is 11.2 Å². The second kappa shape index (κ2) is 5.80. The zero-order chi connectivity index (χ0) is 12.3. The van der Waals surface area contributed by atoms with Crippen molar-refractivity contribution in [3.63, 3.8) is 0 Å². The molecular formula is C12H22N4S. The van der Waals surface area contributed by atoms with E-state index >= 15 is 0 Å². The van der Waals surface area contributed by atoms with Crippen LogP contribution in [-0.4, -0.2) is 47.0 Å². The molecule has 1 saturated heterocycles. The molecule has 1 aliphatic rings. The molecule has 1 aromatic heterocycles. The Morgan fingerprint density at radius 1 is 1.35 bits per heavy atom. The highest BCUT2D eigenvalue weighted by Gasteiger charge is 2.17. The Morgan fingerprint density at radius 2 is 2.18 bits per heavy atom. The second-order valence-electron chi connectivity index (χ2n) is 4.92. The van der Waals surface area contributed by atoms with Crippen LogP contribution < -0.4 is 5.73 Å². The average molecular weight is 254 g/mol. The lowest BCUT2D eigenvalue weighted by Crippen LogP contribution is -2.34. The van der Waals surface area contributed by atoms with Crippen LogP contribution in [-0.2, 0) is 6.54 Å². The first kappa shape index (κ1) is 12.8. The van der Waals surface area contributed by atoms with Crippen molar-refractivity contribution in [2.45, 2.75) is 32.9 Å². The first-order valence-electron chi connectivity index (χ1n) is 6.31. The number of thiazole rings is 1. The zero-order valence-corrected chi connectivity index (χ0v) is 11.5. The minimum atomic E-state index is 0.661. The van der Waals surface area contributed by atoms with E-state index in [-0.39, 0.29) is 0 Å². The minimum absolute atomic E-state index is 0.661. The summed E-state index contributed by atoms with van der Waals surface area (Å²) in [5.41, 5.74) is 5.66. The lowest BCUT2D eigenvalue weighted by molar-refractivity contribution is 0.218. The molecule has 1 aliphatic heterocycles. The molecule has 2 heterocycles. The van der Waals surface area contributed by atoms with E-state index in [1.807, 2.05) is 6.20 Å². The van der Waals surface area contributed by atoms with Crippen molar-refractivity contribution in [3.05, 3.63) is 11.1 Å². The van der Waals surface area contributed by atoms with Gasteiger partial charge in [0.1, 0.15) is 0 Å². The van der Waals surface area contributed by atoms with Gasteiger partial charge in [-0.05, 0) is 33.4 Å². The Bertz CT molecular complexity index is 350. The van der Waals surface area contributed by atoms with Crippen LogP contribution >= 0.6 is 11.3 Å². The van der Waals surface area contributed by atoms with Gasteiger partial charge in [-0.1, -0.05) is 0 Å². The summed E-state index contributed by atoms with van der Waals surface area (Å²) in [7, 11) is 0. The molecule has 17 heavy (non-hydrogen) atoms. The molecule has 4 nitrogen and oxygen atoms in total. The minimum Gasteiger partial charge on any atom is -0.375 e. The van der Waals surface area contributed by atoms with E-state index in [1.54, 1.807) is 11.3 Å². The highest BCUT2D eigenvalue weighted by molar-refractivity contribution is 7.15. The number of hydrogen-bond acceptors (Lipinski definition) is 5. The lowest BCUT2D eigenvalue weighted by Gasteiger charge is -2.24. The van der Waals surface area contributed by atoms with Crippen molar-refractivity contribution in [2.24, 2.45) is 0 Å². The molecule has 1 aromatic rings. The second-order valence-corrected chi connectivity index (χ2v) is 6.07. The van der Waals surface area contributed by atoms with Crippen molar-refractivity contribution in [2.75, 3.05) is 31.9 Å². The van der Waals surface area contributed by atoms with Crippen molar-refractivity contribution >= 4 is 16.5 Å². The van der Waals surface area contributed by atoms with Crippen LogP contribution in [0.4, 0.5) is 5.13 Å². The van der Waals surface area contributed by atoms with Gasteiger partial charge in [0, 0.05) is 36.8 Å². The third kappa shape index (κ3) is 3.66. The molecule has 0 amide bonds. The van der Waals surface area contributed by atoms with Crippen LogP contribution in [0.5, 0.6) is 0 Å². The molecule has 0 aliphatic carbocycles. The molecule has 0 spiro atoms. The number of anilines is 1. The van der Waals surface area contributed by atoms with Gasteiger partial charge in [0.15, 0.2) is 5.13 Å². The summed E-state index contributed by atoms with van der Waals surface area (Å²) >= 11 is 1.61. The van der Waals surface area contributed by atoms with Crippen molar-refractivity contribution in [1.29, 1.82) is 0 Å². The summed E-state index contributed by atoms with van der Waals surface area (Å²) in [6.45, 7) is 10.3. The Hall–Kier alpha value is -0.650. The molecule has 1 fully saturated rings. The van der Waals surface area contributed by atoms with Gasteiger partial charge in [-0.25, -0.2) is 4.98 Å². The molecule has 96 valence electrons. The number of nitrogens with two attached hydrogens (primary N) is 1. The molecule has 0 aromatic carbocycles.